The topological polar surface area (TPSA) is 77.9 Å². The minimum absolute atomic E-state index is 0.0187. The molecule has 0 aromatic carbocycles. The van der Waals surface area contributed by atoms with Crippen molar-refractivity contribution in [2.24, 2.45) is 17.3 Å². The molecule has 1 aromatic heterocycles. The minimum atomic E-state index is -1.09. The molecule has 1 aliphatic heterocycles. The second-order valence-electron chi connectivity index (χ2n) is 11.4. The highest BCUT2D eigenvalue weighted by molar-refractivity contribution is 7.15. The quantitative estimate of drug-likeness (QED) is 0.519. The molecule has 2 aliphatic rings. The molecule has 1 saturated heterocycles. The van der Waals surface area contributed by atoms with E-state index in [1.165, 1.54) is 0 Å². The Labute approximate surface area is 214 Å². The first kappa shape index (κ1) is 27.3. The number of thiophene rings is 1. The minimum Gasteiger partial charge on any atom is -0.477 e. The van der Waals surface area contributed by atoms with Crippen LogP contribution in [0.5, 0.6) is 0 Å². The highest BCUT2D eigenvalue weighted by Gasteiger charge is 2.41. The third kappa shape index (κ3) is 6.67. The fraction of sp³-hybridized carbons (Fsp3) is 0.679. The van der Waals surface area contributed by atoms with Crippen molar-refractivity contribution < 1.29 is 19.5 Å². The number of hydrogen-bond acceptors (Lipinski definition) is 4. The molecular weight excluding hydrogens is 460 g/mol. The second kappa shape index (κ2) is 11.2. The Balaban J connectivity index is 2.11. The van der Waals surface area contributed by atoms with Gasteiger partial charge in [0.2, 0.25) is 11.8 Å². The standard InChI is InChI=1S/C28H40N2O4S/c1-18(2)29-16-8-7-9-22(26(29)32)30(25(31)20-12-10-19(3)11-13-20)23-17-21(14-15-28(4,5)6)35-24(23)27(33)34/h17-20,22H,7-13,16H2,1-6H3,(H,33,34)/t19?,20?,22-/m1/s1. The number of amides is 2. The summed E-state index contributed by atoms with van der Waals surface area (Å²) in [4.78, 5) is 44.2. The van der Waals surface area contributed by atoms with Gasteiger partial charge in [-0.2, -0.15) is 0 Å². The average Bonchev–Trinajstić information content (AvgIpc) is 3.10. The number of aromatic carboxylic acids is 1. The molecule has 2 amide bonds. The highest BCUT2D eigenvalue weighted by atomic mass is 32.1. The molecule has 35 heavy (non-hydrogen) atoms. The molecule has 0 bridgehead atoms. The zero-order valence-electron chi connectivity index (χ0n) is 22.0. The molecule has 1 aliphatic carbocycles. The number of carbonyl (C=O) groups excluding carboxylic acids is 2. The lowest BCUT2D eigenvalue weighted by atomic mass is 9.82. The van der Waals surface area contributed by atoms with Crippen LogP contribution in [0.2, 0.25) is 0 Å². The number of likely N-dealkylation sites (tertiary alicyclic amines) is 1. The molecule has 192 valence electrons. The number of anilines is 1. The van der Waals surface area contributed by atoms with Crippen molar-refractivity contribution in [3.63, 3.8) is 0 Å². The van der Waals surface area contributed by atoms with E-state index in [9.17, 15) is 19.5 Å². The number of nitrogens with zero attached hydrogens (tertiary/aromatic N) is 2. The monoisotopic (exact) mass is 500 g/mol. The number of rotatable bonds is 5. The van der Waals surface area contributed by atoms with Gasteiger partial charge in [-0.05, 0) is 91.5 Å². The molecule has 0 radical (unpaired) electrons. The van der Waals surface area contributed by atoms with Crippen LogP contribution in [0.4, 0.5) is 5.69 Å². The van der Waals surface area contributed by atoms with Gasteiger partial charge in [0, 0.05) is 23.9 Å². The van der Waals surface area contributed by atoms with E-state index in [0.717, 1.165) is 49.9 Å². The average molecular weight is 501 g/mol. The Bertz CT molecular complexity index is 1000. The number of carboxylic acids is 1. The summed E-state index contributed by atoms with van der Waals surface area (Å²) in [5, 5.41) is 10.1. The summed E-state index contributed by atoms with van der Waals surface area (Å²) in [5.41, 5.74) is 0.0879. The van der Waals surface area contributed by atoms with Crippen molar-refractivity contribution in [1.29, 1.82) is 0 Å². The predicted octanol–water partition coefficient (Wildman–Crippen LogP) is 5.79. The fourth-order valence-corrected chi connectivity index (χ4v) is 5.81. The molecule has 2 fully saturated rings. The summed E-state index contributed by atoms with van der Waals surface area (Å²) in [6.45, 7) is 12.8. The van der Waals surface area contributed by atoms with Gasteiger partial charge in [-0.15, -0.1) is 11.3 Å². The summed E-state index contributed by atoms with van der Waals surface area (Å²) in [6, 6.07) is 1.04. The van der Waals surface area contributed by atoms with Gasteiger partial charge in [-0.1, -0.05) is 18.8 Å². The normalized spacial score (nSPS) is 23.5. The first-order valence-corrected chi connectivity index (χ1v) is 13.7. The Morgan fingerprint density at radius 2 is 1.80 bits per heavy atom. The number of carboxylic acid groups (broad SMARTS) is 1. The zero-order valence-corrected chi connectivity index (χ0v) is 22.8. The van der Waals surface area contributed by atoms with E-state index in [4.69, 9.17) is 0 Å². The first-order valence-electron chi connectivity index (χ1n) is 12.9. The van der Waals surface area contributed by atoms with Crippen LogP contribution in [-0.4, -0.2) is 46.4 Å². The number of hydrogen-bond donors (Lipinski definition) is 1. The van der Waals surface area contributed by atoms with Crippen molar-refractivity contribution in [2.45, 2.75) is 98.6 Å². The van der Waals surface area contributed by atoms with Crippen LogP contribution in [0.1, 0.15) is 101 Å². The molecule has 2 heterocycles. The van der Waals surface area contributed by atoms with Crippen LogP contribution in [0.25, 0.3) is 0 Å². The summed E-state index contributed by atoms with van der Waals surface area (Å²) in [7, 11) is 0. The lowest BCUT2D eigenvalue weighted by Crippen LogP contribution is -2.53. The summed E-state index contributed by atoms with van der Waals surface area (Å²) >= 11 is 1.09. The molecule has 6 nitrogen and oxygen atoms in total. The van der Waals surface area contributed by atoms with Crippen molar-refractivity contribution >= 4 is 34.8 Å². The Morgan fingerprint density at radius 3 is 2.37 bits per heavy atom. The van der Waals surface area contributed by atoms with Gasteiger partial charge in [0.1, 0.15) is 10.9 Å². The van der Waals surface area contributed by atoms with Crippen LogP contribution in [0.15, 0.2) is 6.07 Å². The van der Waals surface area contributed by atoms with E-state index >= 15 is 0 Å². The molecular formula is C28H40N2O4S. The smallest absolute Gasteiger partial charge is 0.348 e. The zero-order chi connectivity index (χ0) is 25.9. The van der Waals surface area contributed by atoms with E-state index in [-0.39, 0.29) is 34.1 Å². The SMILES string of the molecule is CC1CCC(C(=O)N(c2cc(C#CC(C)(C)C)sc2C(=O)O)[C@@H]2CCCCN(C(C)C)C2=O)CC1. The maximum atomic E-state index is 14.1. The van der Waals surface area contributed by atoms with Crippen LogP contribution in [0, 0.1) is 29.1 Å². The van der Waals surface area contributed by atoms with Gasteiger partial charge < -0.3 is 10.0 Å². The Kier molecular flexibility index (Phi) is 8.69. The predicted molar refractivity (Wildman–Crippen MR) is 141 cm³/mol. The van der Waals surface area contributed by atoms with Crippen LogP contribution < -0.4 is 4.90 Å². The lowest BCUT2D eigenvalue weighted by molar-refractivity contribution is -0.136. The van der Waals surface area contributed by atoms with Gasteiger partial charge in [0.25, 0.3) is 0 Å². The molecule has 1 atom stereocenters. The van der Waals surface area contributed by atoms with E-state index < -0.39 is 12.0 Å². The van der Waals surface area contributed by atoms with Gasteiger partial charge in [0.05, 0.1) is 10.6 Å². The van der Waals surface area contributed by atoms with E-state index in [0.29, 0.717) is 29.4 Å². The lowest BCUT2D eigenvalue weighted by Gasteiger charge is -2.37. The molecule has 1 saturated carbocycles. The third-order valence-electron chi connectivity index (χ3n) is 6.96. The van der Waals surface area contributed by atoms with Crippen LogP contribution in [0.3, 0.4) is 0 Å². The van der Waals surface area contributed by atoms with Crippen molar-refractivity contribution in [2.75, 3.05) is 11.4 Å². The van der Waals surface area contributed by atoms with Crippen molar-refractivity contribution in [3.8, 4) is 11.8 Å². The molecule has 3 rings (SSSR count). The molecule has 0 spiro atoms. The summed E-state index contributed by atoms with van der Waals surface area (Å²) in [6.07, 6.45) is 5.71. The maximum Gasteiger partial charge on any atom is 0.348 e. The summed E-state index contributed by atoms with van der Waals surface area (Å²) < 4.78 is 0. The van der Waals surface area contributed by atoms with Crippen molar-refractivity contribution in [3.05, 3.63) is 15.8 Å². The second-order valence-corrected chi connectivity index (χ2v) is 12.5. The molecule has 0 unspecified atom stereocenters. The van der Waals surface area contributed by atoms with Crippen molar-refractivity contribution in [1.82, 2.24) is 4.90 Å². The largest absolute Gasteiger partial charge is 0.477 e. The fourth-order valence-electron chi connectivity index (χ4n) is 4.97. The number of carbonyl (C=O) groups is 3. The van der Waals surface area contributed by atoms with E-state index in [1.807, 2.05) is 39.5 Å². The Morgan fingerprint density at radius 1 is 1.14 bits per heavy atom. The molecule has 1 aromatic rings. The first-order chi connectivity index (χ1) is 16.4. The molecule has 1 N–H and O–H groups in total. The van der Waals surface area contributed by atoms with Crippen LogP contribution in [-0.2, 0) is 9.59 Å². The molecule has 7 heteroatoms. The van der Waals surface area contributed by atoms with Gasteiger partial charge in [-0.3, -0.25) is 14.5 Å². The van der Waals surface area contributed by atoms with E-state index in [2.05, 4.69) is 18.8 Å². The highest BCUT2D eigenvalue weighted by Crippen LogP contribution is 2.38. The van der Waals surface area contributed by atoms with Gasteiger partial charge in [0.15, 0.2) is 0 Å². The van der Waals surface area contributed by atoms with Gasteiger partial charge in [-0.25, -0.2) is 4.79 Å². The maximum absolute atomic E-state index is 14.1. The van der Waals surface area contributed by atoms with Gasteiger partial charge >= 0.3 is 5.97 Å². The van der Waals surface area contributed by atoms with Crippen LogP contribution >= 0.6 is 11.3 Å². The Hall–Kier alpha value is -2.33. The third-order valence-corrected chi connectivity index (χ3v) is 7.99. The summed E-state index contributed by atoms with van der Waals surface area (Å²) in [5.74, 6) is 5.37. The van der Waals surface area contributed by atoms with E-state index in [1.54, 1.807) is 11.0 Å².